The average molecular weight is 325 g/mol. The Morgan fingerprint density at radius 2 is 1.91 bits per heavy atom. The molecule has 1 unspecified atom stereocenters. The highest BCUT2D eigenvalue weighted by molar-refractivity contribution is 8.02. The van der Waals surface area contributed by atoms with Crippen LogP contribution < -0.4 is 5.73 Å². The summed E-state index contributed by atoms with van der Waals surface area (Å²) in [6.07, 6.45) is 1.04. The third kappa shape index (κ3) is 3.53. The van der Waals surface area contributed by atoms with Crippen molar-refractivity contribution in [3.63, 3.8) is 0 Å². The Morgan fingerprint density at radius 1 is 1.17 bits per heavy atom. The number of rotatable bonds is 4. The topological polar surface area (TPSA) is 42.1 Å². The van der Waals surface area contributed by atoms with E-state index in [0.29, 0.717) is 11.2 Å². The summed E-state index contributed by atoms with van der Waals surface area (Å²) in [7, 11) is 0. The molecule has 0 radical (unpaired) electrons. The second-order valence-corrected chi connectivity index (χ2v) is 7.15. The van der Waals surface area contributed by atoms with Crippen LogP contribution in [0.15, 0.2) is 47.5 Å². The zero-order chi connectivity index (χ0) is 16.4. The van der Waals surface area contributed by atoms with Gasteiger partial charge < -0.3 is 10.6 Å². The van der Waals surface area contributed by atoms with Crippen LogP contribution in [-0.2, 0) is 13.0 Å². The van der Waals surface area contributed by atoms with Gasteiger partial charge in [0.05, 0.1) is 5.37 Å². The number of nitrogens with two attached hydrogens (primary N) is 1. The maximum absolute atomic E-state index is 5.85. The van der Waals surface area contributed by atoms with E-state index in [-0.39, 0.29) is 0 Å². The van der Waals surface area contributed by atoms with Gasteiger partial charge in [-0.25, -0.2) is 4.98 Å². The van der Waals surface area contributed by atoms with E-state index in [1.165, 1.54) is 22.4 Å². The van der Waals surface area contributed by atoms with E-state index in [0.717, 1.165) is 18.7 Å². The second-order valence-electron chi connectivity index (χ2n) is 6.10. The van der Waals surface area contributed by atoms with Gasteiger partial charge in [0.1, 0.15) is 5.82 Å². The fourth-order valence-corrected chi connectivity index (χ4v) is 4.21. The maximum Gasteiger partial charge on any atom is 0.123 e. The zero-order valence-electron chi connectivity index (χ0n) is 13.9. The van der Waals surface area contributed by atoms with E-state index in [1.807, 2.05) is 24.8 Å². The minimum Gasteiger partial charge on any atom is -0.384 e. The van der Waals surface area contributed by atoms with E-state index in [1.54, 1.807) is 0 Å². The van der Waals surface area contributed by atoms with Crippen molar-refractivity contribution in [1.29, 1.82) is 0 Å². The molecular formula is C19H23N3S. The van der Waals surface area contributed by atoms with Crippen LogP contribution >= 0.6 is 11.8 Å². The number of nitrogens with zero attached hydrogens (tertiary/aromatic N) is 2. The van der Waals surface area contributed by atoms with Crippen LogP contribution in [0.3, 0.4) is 0 Å². The Hall–Kier alpha value is -1.94. The van der Waals surface area contributed by atoms with Gasteiger partial charge in [-0.3, -0.25) is 0 Å². The van der Waals surface area contributed by atoms with Gasteiger partial charge >= 0.3 is 0 Å². The summed E-state index contributed by atoms with van der Waals surface area (Å²) < 4.78 is 0. The number of benzene rings is 1. The molecule has 1 aromatic heterocycles. The highest BCUT2D eigenvalue weighted by atomic mass is 32.2. The number of aromatic nitrogens is 1. The maximum atomic E-state index is 5.85. The number of anilines is 1. The van der Waals surface area contributed by atoms with Crippen molar-refractivity contribution in [1.82, 2.24) is 9.88 Å². The number of hydrogen-bond acceptors (Lipinski definition) is 4. The van der Waals surface area contributed by atoms with Gasteiger partial charge in [0.15, 0.2) is 0 Å². The first kappa shape index (κ1) is 15.9. The van der Waals surface area contributed by atoms with Crippen molar-refractivity contribution in [2.75, 3.05) is 5.73 Å². The van der Waals surface area contributed by atoms with Gasteiger partial charge in [0.25, 0.3) is 0 Å². The molecule has 4 heteroatoms. The van der Waals surface area contributed by atoms with Gasteiger partial charge in [-0.05, 0) is 48.9 Å². The Labute approximate surface area is 142 Å². The molecule has 0 amide bonds. The van der Waals surface area contributed by atoms with Crippen LogP contribution in [0.1, 0.15) is 29.3 Å². The summed E-state index contributed by atoms with van der Waals surface area (Å²) in [5, 5.41) is 2.71. The molecule has 2 aromatic rings. The van der Waals surface area contributed by atoms with Crippen LogP contribution in [0.25, 0.3) is 0 Å². The molecule has 0 saturated heterocycles. The molecule has 0 saturated carbocycles. The van der Waals surface area contributed by atoms with Crippen LogP contribution in [0.4, 0.5) is 5.82 Å². The Balaban J connectivity index is 1.81. The lowest BCUT2D eigenvalue weighted by molar-refractivity contribution is 0.321. The number of allylic oxidation sites excluding steroid dienone is 1. The summed E-state index contributed by atoms with van der Waals surface area (Å²) in [4.78, 5) is 6.91. The predicted octanol–water partition coefficient (Wildman–Crippen LogP) is 4.26. The number of aryl methyl sites for hydroxylation is 2. The third-order valence-corrected chi connectivity index (χ3v) is 5.56. The number of nitrogen functional groups attached to an aromatic ring is 1. The summed E-state index contributed by atoms with van der Waals surface area (Å²) >= 11 is 1.91. The van der Waals surface area contributed by atoms with Gasteiger partial charge in [-0.15, -0.1) is 11.8 Å². The molecule has 2 heterocycles. The molecule has 0 fully saturated rings. The molecule has 1 aliphatic heterocycles. The largest absolute Gasteiger partial charge is 0.384 e. The minimum atomic E-state index is 0.439. The number of pyridine rings is 1. The van der Waals surface area contributed by atoms with Crippen molar-refractivity contribution in [2.24, 2.45) is 0 Å². The highest BCUT2D eigenvalue weighted by Gasteiger charge is 2.25. The zero-order valence-corrected chi connectivity index (χ0v) is 14.7. The van der Waals surface area contributed by atoms with Crippen LogP contribution in [0, 0.1) is 13.8 Å². The van der Waals surface area contributed by atoms with Crippen LogP contribution in [0.5, 0.6) is 0 Å². The normalized spacial score (nSPS) is 17.4. The van der Waals surface area contributed by atoms with Gasteiger partial charge in [-0.2, -0.15) is 0 Å². The summed E-state index contributed by atoms with van der Waals surface area (Å²) in [6.45, 7) is 7.24. The lowest BCUT2D eigenvalue weighted by Gasteiger charge is -2.29. The molecule has 23 heavy (non-hydrogen) atoms. The van der Waals surface area contributed by atoms with Crippen molar-refractivity contribution >= 4 is 17.6 Å². The van der Waals surface area contributed by atoms with E-state index < -0.39 is 0 Å². The Kier molecular flexibility index (Phi) is 4.62. The number of hydrogen-bond donors (Lipinski definition) is 1. The SMILES string of the molecule is CC1=CSC(Cc2ccccc2)N1Cc1c(C)cc(N)nc1C. The van der Waals surface area contributed by atoms with Crippen molar-refractivity contribution in [2.45, 2.75) is 39.1 Å². The molecule has 0 aliphatic carbocycles. The lowest BCUT2D eigenvalue weighted by atomic mass is 10.1. The predicted molar refractivity (Wildman–Crippen MR) is 98.9 cm³/mol. The smallest absolute Gasteiger partial charge is 0.123 e. The molecule has 3 rings (SSSR count). The summed E-state index contributed by atoms with van der Waals surface area (Å²) in [5.41, 5.74) is 12.1. The van der Waals surface area contributed by atoms with E-state index >= 15 is 0 Å². The number of thioether (sulfide) groups is 1. The van der Waals surface area contributed by atoms with Crippen molar-refractivity contribution in [3.8, 4) is 0 Å². The van der Waals surface area contributed by atoms with Crippen LogP contribution in [-0.4, -0.2) is 15.3 Å². The molecule has 0 spiro atoms. The summed E-state index contributed by atoms with van der Waals surface area (Å²) in [6, 6.07) is 12.7. The molecule has 2 N–H and O–H groups in total. The van der Waals surface area contributed by atoms with Gasteiger partial charge in [-0.1, -0.05) is 30.3 Å². The Morgan fingerprint density at radius 3 is 2.61 bits per heavy atom. The second kappa shape index (κ2) is 6.67. The molecule has 1 aromatic carbocycles. The van der Waals surface area contributed by atoms with Crippen LogP contribution in [0.2, 0.25) is 0 Å². The molecule has 120 valence electrons. The monoisotopic (exact) mass is 325 g/mol. The first-order valence-electron chi connectivity index (χ1n) is 7.90. The fraction of sp³-hybridized carbons (Fsp3) is 0.316. The quantitative estimate of drug-likeness (QED) is 0.912. The van der Waals surface area contributed by atoms with E-state index in [4.69, 9.17) is 5.73 Å². The molecular weight excluding hydrogens is 302 g/mol. The van der Waals surface area contributed by atoms with Gasteiger partial charge in [0, 0.05) is 24.4 Å². The average Bonchev–Trinajstić information content (AvgIpc) is 2.84. The summed E-state index contributed by atoms with van der Waals surface area (Å²) in [5.74, 6) is 0.604. The fourth-order valence-electron chi connectivity index (χ4n) is 3.04. The molecule has 3 nitrogen and oxygen atoms in total. The highest BCUT2D eigenvalue weighted by Crippen LogP contribution is 2.35. The molecule has 1 atom stereocenters. The lowest BCUT2D eigenvalue weighted by Crippen LogP contribution is -2.29. The first-order chi connectivity index (χ1) is 11.0. The van der Waals surface area contributed by atoms with E-state index in [2.05, 4.69) is 59.5 Å². The Bertz CT molecular complexity index is 702. The van der Waals surface area contributed by atoms with Crippen molar-refractivity contribution < 1.29 is 0 Å². The standard InChI is InChI=1S/C19H23N3S/c1-13-9-18(20)21-15(3)17(13)11-22-14(2)12-23-19(22)10-16-7-5-4-6-8-16/h4-9,12,19H,10-11H2,1-3H3,(H2,20,21). The molecule has 0 bridgehead atoms. The van der Waals surface area contributed by atoms with Gasteiger partial charge in [0.2, 0.25) is 0 Å². The van der Waals surface area contributed by atoms with Crippen molar-refractivity contribution in [3.05, 3.63) is 69.9 Å². The minimum absolute atomic E-state index is 0.439. The first-order valence-corrected chi connectivity index (χ1v) is 8.84. The van der Waals surface area contributed by atoms with E-state index in [9.17, 15) is 0 Å². The molecule has 1 aliphatic rings. The third-order valence-electron chi connectivity index (χ3n) is 4.35.